The highest BCUT2D eigenvalue weighted by molar-refractivity contribution is 5.97. The molecule has 0 saturated heterocycles. The normalized spacial score (nSPS) is 13.4. The van der Waals surface area contributed by atoms with E-state index in [1.807, 2.05) is 77.9 Å². The number of rotatable bonds is 34. The summed E-state index contributed by atoms with van der Waals surface area (Å²) in [6.07, 6.45) is 32.9. The van der Waals surface area contributed by atoms with Crippen molar-refractivity contribution >= 4 is 46.4 Å². The van der Waals surface area contributed by atoms with E-state index in [9.17, 15) is 9.59 Å². The van der Waals surface area contributed by atoms with E-state index in [2.05, 4.69) is 154 Å². The molecule has 0 spiro atoms. The maximum atomic E-state index is 13.8. The topological polar surface area (TPSA) is 229 Å². The predicted molar refractivity (Wildman–Crippen MR) is 416 cm³/mol. The molecule has 1 unspecified atom stereocenters. The van der Waals surface area contributed by atoms with Gasteiger partial charge in [0.05, 0.1) is 6.54 Å². The number of unbranched alkanes of at least 4 members (excludes halogenated alkanes) is 6. The molecule has 0 radical (unpaired) electrons. The molecular formula is C82H147N9O3. The van der Waals surface area contributed by atoms with Crippen molar-refractivity contribution in [1.29, 1.82) is 0 Å². The summed E-state index contributed by atoms with van der Waals surface area (Å²) in [5.74, 6) is 4.52. The van der Waals surface area contributed by atoms with Gasteiger partial charge in [0.25, 0.3) is 0 Å². The lowest BCUT2D eigenvalue weighted by atomic mass is 9.84. The number of hydrogen-bond donors (Lipinski definition) is 9. The first-order valence-electron chi connectivity index (χ1n) is 37.0. The van der Waals surface area contributed by atoms with Crippen molar-refractivity contribution in [1.82, 2.24) is 10.6 Å². The quantitative estimate of drug-likeness (QED) is 0.0204. The molecule has 94 heavy (non-hydrogen) atoms. The molecule has 3 aromatic rings. The monoisotopic (exact) mass is 1310 g/mol. The molecule has 3 saturated carbocycles. The molecule has 3 aliphatic rings. The Morgan fingerprint density at radius 2 is 1.04 bits per heavy atom. The van der Waals surface area contributed by atoms with Crippen LogP contribution >= 0.6 is 0 Å². The largest absolute Gasteiger partial charge is 0.374 e. The van der Waals surface area contributed by atoms with Crippen molar-refractivity contribution in [3.63, 3.8) is 0 Å². The van der Waals surface area contributed by atoms with Crippen LogP contribution in [0.1, 0.15) is 291 Å². The zero-order valence-corrected chi connectivity index (χ0v) is 64.0. The summed E-state index contributed by atoms with van der Waals surface area (Å²) in [6.45, 7) is 51.5. The molecule has 12 heteroatoms. The van der Waals surface area contributed by atoms with Crippen LogP contribution in [0, 0.1) is 56.3 Å². The standard InChI is InChI=1S/C48H69N5O2.2C8H17N.C8H19N.C4H10.C3H6.C2H6.CH3NO/c1-15-16-43(42-26-37(21-17-30(2)3)22-18-34(42)8)48(13,14)50-29-45(54)52-38-23-20-33(7)41(28-38)36(10)51-44(25-31(4)5)46(55)53-39-24-19-32(6)40(27-39)35(9)47(11,12)49;2*9-7-3-1-2-4-8-5-6-8;1-8(2)6-4-3-5-7-9;1-4(2)3;1-2-3-1;1-2;2-1-3/h16,18-20,22-24,26-28,30-31,44,50-51H,9-10,15,17,21,25,29,49H2,1-8,11-14H3,(H,52,54)(H,53,55);2*8H,1-7,9H2;8H,3-7,9H2,1-2H3;4H,1-3H3;1-3H2;1-2H3;1H,(H2,2,3)/b43-16+;;;;;;;. The second-order valence-electron chi connectivity index (χ2n) is 29.3. The Kier molecular flexibility index (Phi) is 51.3. The molecule has 6 rings (SSSR count). The highest BCUT2D eigenvalue weighted by atomic mass is 16.2. The predicted octanol–water partition coefficient (Wildman–Crippen LogP) is 19.3. The van der Waals surface area contributed by atoms with Crippen LogP contribution in [-0.4, -0.2) is 61.5 Å². The van der Waals surface area contributed by atoms with E-state index in [0.29, 0.717) is 29.4 Å². The summed E-state index contributed by atoms with van der Waals surface area (Å²) >= 11 is 0. The average Bonchev–Trinajstić information content (AvgIpc) is 1.82. The zero-order chi connectivity index (χ0) is 71.8. The van der Waals surface area contributed by atoms with Gasteiger partial charge >= 0.3 is 0 Å². The number of carbonyl (C=O) groups excluding carboxylic acids is 3. The summed E-state index contributed by atoms with van der Waals surface area (Å²) in [6, 6.07) is 17.8. The molecule has 14 N–H and O–H groups in total. The van der Waals surface area contributed by atoms with Gasteiger partial charge in [0, 0.05) is 33.7 Å². The number of benzene rings is 3. The summed E-state index contributed by atoms with van der Waals surface area (Å²) in [7, 11) is 0. The van der Waals surface area contributed by atoms with Crippen molar-refractivity contribution in [3.8, 4) is 0 Å². The second kappa shape index (κ2) is 53.0. The number of hydrogen-bond acceptors (Lipinski definition) is 9. The first-order valence-corrected chi connectivity index (χ1v) is 37.0. The summed E-state index contributed by atoms with van der Waals surface area (Å²) in [4.78, 5) is 35.8. The van der Waals surface area contributed by atoms with Crippen molar-refractivity contribution in [2.24, 2.45) is 64.2 Å². The van der Waals surface area contributed by atoms with Gasteiger partial charge in [-0.25, -0.2) is 0 Å². The number of nitrogens with one attached hydrogen (secondary N) is 4. The first-order chi connectivity index (χ1) is 44.4. The molecule has 0 bridgehead atoms. The van der Waals surface area contributed by atoms with Crippen LogP contribution in [0.4, 0.5) is 11.4 Å². The number of aryl methyl sites for hydroxylation is 4. The second-order valence-corrected chi connectivity index (χ2v) is 29.3. The van der Waals surface area contributed by atoms with E-state index >= 15 is 0 Å². The number of primary amides is 1. The Labute approximate surface area is 578 Å². The van der Waals surface area contributed by atoms with Gasteiger partial charge in [0.15, 0.2) is 0 Å². The van der Waals surface area contributed by atoms with Gasteiger partial charge in [0.1, 0.15) is 6.04 Å². The van der Waals surface area contributed by atoms with Gasteiger partial charge in [-0.15, -0.1) is 0 Å². The molecule has 0 heterocycles. The molecule has 3 fully saturated rings. The molecule has 538 valence electrons. The number of amides is 3. The lowest BCUT2D eigenvalue weighted by Gasteiger charge is -2.31. The third-order valence-electron chi connectivity index (χ3n) is 16.1. The number of allylic oxidation sites excluding steroid dienone is 1. The minimum absolute atomic E-state index is 0.135. The first kappa shape index (κ1) is 90.9. The smallest absolute Gasteiger partial charge is 0.246 e. The fourth-order valence-electron chi connectivity index (χ4n) is 9.89. The van der Waals surface area contributed by atoms with Crippen LogP contribution in [0.15, 0.2) is 73.8 Å². The maximum absolute atomic E-state index is 13.8. The highest BCUT2D eigenvalue weighted by Crippen LogP contribution is 2.36. The third-order valence-corrected chi connectivity index (χ3v) is 16.1. The van der Waals surface area contributed by atoms with Crippen LogP contribution in [0.2, 0.25) is 0 Å². The van der Waals surface area contributed by atoms with Crippen LogP contribution in [0.3, 0.4) is 0 Å². The van der Waals surface area contributed by atoms with Crippen molar-refractivity contribution in [2.75, 3.05) is 36.8 Å². The Morgan fingerprint density at radius 1 is 0.606 bits per heavy atom. The Morgan fingerprint density at radius 3 is 1.47 bits per heavy atom. The van der Waals surface area contributed by atoms with E-state index in [1.165, 1.54) is 144 Å². The van der Waals surface area contributed by atoms with Gasteiger partial charge < -0.3 is 44.6 Å². The molecule has 0 aromatic heterocycles. The minimum Gasteiger partial charge on any atom is -0.374 e. The van der Waals surface area contributed by atoms with Gasteiger partial charge in [-0.05, 0) is 217 Å². The van der Waals surface area contributed by atoms with Crippen LogP contribution < -0.4 is 49.9 Å². The fraction of sp³-hybridized carbons (Fsp3) is 0.671. The number of anilines is 2. The summed E-state index contributed by atoms with van der Waals surface area (Å²) in [5, 5.41) is 13.1. The summed E-state index contributed by atoms with van der Waals surface area (Å²) < 4.78 is 0. The average molecular weight is 1310 g/mol. The van der Waals surface area contributed by atoms with E-state index in [-0.39, 0.29) is 30.7 Å². The molecular weight excluding hydrogens is 1160 g/mol. The maximum Gasteiger partial charge on any atom is 0.246 e. The molecule has 3 aliphatic carbocycles. The van der Waals surface area contributed by atoms with Crippen molar-refractivity contribution in [2.45, 2.75) is 296 Å². The van der Waals surface area contributed by atoms with Crippen molar-refractivity contribution < 1.29 is 14.4 Å². The van der Waals surface area contributed by atoms with Crippen LogP contribution in [-0.2, 0) is 20.8 Å². The zero-order valence-electron chi connectivity index (χ0n) is 64.0. The number of carbonyl (C=O) groups is 3. The lowest BCUT2D eigenvalue weighted by Crippen LogP contribution is -2.44. The van der Waals surface area contributed by atoms with E-state index < -0.39 is 17.1 Å². The molecule has 0 aliphatic heterocycles. The highest BCUT2D eigenvalue weighted by Gasteiger charge is 2.28. The van der Waals surface area contributed by atoms with E-state index in [0.717, 1.165) is 90.4 Å². The van der Waals surface area contributed by atoms with Gasteiger partial charge in [-0.2, -0.15) is 0 Å². The van der Waals surface area contributed by atoms with Crippen LogP contribution in [0.25, 0.3) is 16.8 Å². The Bertz CT molecular complexity index is 2490. The molecule has 1 atom stereocenters. The van der Waals surface area contributed by atoms with Gasteiger partial charge in [-0.3, -0.25) is 19.7 Å². The lowest BCUT2D eigenvalue weighted by molar-refractivity contribution is -0.118. The molecule has 12 nitrogen and oxygen atoms in total. The van der Waals surface area contributed by atoms with E-state index in [1.54, 1.807) is 0 Å². The van der Waals surface area contributed by atoms with Gasteiger partial charge in [0.2, 0.25) is 18.2 Å². The van der Waals surface area contributed by atoms with Gasteiger partial charge in [-0.1, -0.05) is 235 Å². The Balaban J connectivity index is 0. The Hall–Kier alpha value is -5.11. The summed E-state index contributed by atoms with van der Waals surface area (Å²) in [5.41, 5.74) is 37.0. The minimum atomic E-state index is -0.597. The fourth-order valence-corrected chi connectivity index (χ4v) is 9.89. The van der Waals surface area contributed by atoms with Crippen molar-refractivity contribution in [3.05, 3.63) is 113 Å². The molecule has 3 amide bonds. The van der Waals surface area contributed by atoms with Crippen LogP contribution in [0.5, 0.6) is 0 Å². The van der Waals surface area contributed by atoms with E-state index in [4.69, 9.17) is 27.7 Å². The molecule has 3 aromatic carbocycles. The SMILES string of the molecule is C1CC1.C=C(NC(CC(C)C)C(=O)Nc1ccc(C)c(C(=C)C(C)(C)N)c1)c1cc(NC(=O)CNC(C)(C)/C(=C/CC)c2cc(CCC(C)C)ccc2C)ccc1C.CC.CC(C)C.CC(C)CCCCCN.NC=O.NCCCCCC1CC1.NCCCCCC1CC1. The third kappa shape index (κ3) is 46.9. The number of nitrogens with two attached hydrogens (primary N) is 5.